The van der Waals surface area contributed by atoms with Gasteiger partial charge in [0, 0.05) is 19.0 Å². The smallest absolute Gasteiger partial charge is 0.250 e. The van der Waals surface area contributed by atoms with Gasteiger partial charge in [-0.15, -0.1) is 0 Å². The molecule has 1 aromatic carbocycles. The fourth-order valence-electron chi connectivity index (χ4n) is 3.33. The minimum absolute atomic E-state index is 0.416. The van der Waals surface area contributed by atoms with Crippen molar-refractivity contribution in [1.29, 1.82) is 0 Å². The van der Waals surface area contributed by atoms with E-state index in [9.17, 15) is 4.79 Å². The van der Waals surface area contributed by atoms with Crippen molar-refractivity contribution in [3.05, 3.63) is 29.6 Å². The van der Waals surface area contributed by atoms with Crippen LogP contribution in [0.15, 0.2) is 18.2 Å². The molecular formula is C16H20N4O. The Balaban J connectivity index is 1.59. The number of hydrogen-bond donors (Lipinski definition) is 2. The zero-order valence-corrected chi connectivity index (χ0v) is 12.0. The number of nitrogens with two attached hydrogens (primary N) is 1. The Bertz CT molecular complexity index is 689. The number of para-hydroxylation sites is 1. The molecule has 4 rings (SSSR count). The van der Waals surface area contributed by atoms with E-state index in [0.717, 1.165) is 36.8 Å². The van der Waals surface area contributed by atoms with Gasteiger partial charge in [0.25, 0.3) is 5.91 Å². The van der Waals surface area contributed by atoms with E-state index >= 15 is 0 Å². The number of aromatic amines is 1. The van der Waals surface area contributed by atoms with Crippen molar-refractivity contribution in [2.24, 2.45) is 11.7 Å². The van der Waals surface area contributed by atoms with E-state index in [1.54, 1.807) is 6.07 Å². The third-order valence-corrected chi connectivity index (χ3v) is 4.67. The van der Waals surface area contributed by atoms with Gasteiger partial charge in [0.1, 0.15) is 11.3 Å². The summed E-state index contributed by atoms with van der Waals surface area (Å²) in [6.45, 7) is 3.46. The molecule has 0 radical (unpaired) electrons. The normalized spacial score (nSPS) is 23.0. The average molecular weight is 284 g/mol. The number of imidazole rings is 1. The van der Waals surface area contributed by atoms with Crippen LogP contribution in [0.2, 0.25) is 0 Å². The van der Waals surface area contributed by atoms with Crippen molar-refractivity contribution in [2.45, 2.75) is 25.2 Å². The third-order valence-electron chi connectivity index (χ3n) is 4.67. The van der Waals surface area contributed by atoms with Gasteiger partial charge in [-0.25, -0.2) is 4.98 Å². The number of rotatable bonds is 4. The molecule has 21 heavy (non-hydrogen) atoms. The molecule has 3 N–H and O–H groups in total. The van der Waals surface area contributed by atoms with E-state index in [-0.39, 0.29) is 0 Å². The Morgan fingerprint density at radius 3 is 3.00 bits per heavy atom. The van der Waals surface area contributed by atoms with Gasteiger partial charge in [0.2, 0.25) is 0 Å². The zero-order valence-electron chi connectivity index (χ0n) is 12.0. The van der Waals surface area contributed by atoms with Crippen LogP contribution in [-0.4, -0.2) is 40.4 Å². The van der Waals surface area contributed by atoms with Gasteiger partial charge in [0.15, 0.2) is 0 Å². The summed E-state index contributed by atoms with van der Waals surface area (Å²) in [6.07, 6.45) is 3.93. The first-order valence-corrected chi connectivity index (χ1v) is 7.71. The van der Waals surface area contributed by atoms with Gasteiger partial charge in [0.05, 0.1) is 11.1 Å². The van der Waals surface area contributed by atoms with Crippen LogP contribution in [-0.2, 0) is 0 Å². The van der Waals surface area contributed by atoms with E-state index in [2.05, 4.69) is 14.9 Å². The van der Waals surface area contributed by atoms with Crippen molar-refractivity contribution in [1.82, 2.24) is 14.9 Å². The molecule has 110 valence electrons. The van der Waals surface area contributed by atoms with Gasteiger partial charge in [-0.1, -0.05) is 6.07 Å². The first-order chi connectivity index (χ1) is 10.2. The first kappa shape index (κ1) is 12.8. The number of aromatic nitrogens is 2. The first-order valence-electron chi connectivity index (χ1n) is 7.71. The fourth-order valence-corrected chi connectivity index (χ4v) is 3.33. The molecule has 1 unspecified atom stereocenters. The summed E-state index contributed by atoms with van der Waals surface area (Å²) < 4.78 is 0. The number of amides is 1. The number of carbonyl (C=O) groups excluding carboxylic acids is 1. The minimum Gasteiger partial charge on any atom is -0.366 e. The van der Waals surface area contributed by atoms with Crippen molar-refractivity contribution in [3.8, 4) is 0 Å². The van der Waals surface area contributed by atoms with Crippen molar-refractivity contribution in [2.75, 3.05) is 19.6 Å². The van der Waals surface area contributed by atoms with E-state index in [4.69, 9.17) is 5.73 Å². The van der Waals surface area contributed by atoms with Crippen LogP contribution in [0.1, 0.15) is 41.4 Å². The summed E-state index contributed by atoms with van der Waals surface area (Å²) in [5.74, 6) is 1.95. The Morgan fingerprint density at radius 1 is 1.38 bits per heavy atom. The molecule has 0 spiro atoms. The maximum atomic E-state index is 11.5. The number of hydrogen-bond acceptors (Lipinski definition) is 3. The molecule has 1 amide bonds. The van der Waals surface area contributed by atoms with Gasteiger partial charge < -0.3 is 15.6 Å². The van der Waals surface area contributed by atoms with E-state index < -0.39 is 5.91 Å². The third kappa shape index (κ3) is 2.42. The van der Waals surface area contributed by atoms with E-state index in [1.807, 2.05) is 12.1 Å². The Labute approximate surface area is 123 Å². The molecule has 1 saturated heterocycles. The van der Waals surface area contributed by atoms with Gasteiger partial charge in [-0.05, 0) is 43.9 Å². The quantitative estimate of drug-likeness (QED) is 0.900. The number of nitrogens with one attached hydrogen (secondary N) is 1. The Hall–Kier alpha value is -1.88. The monoisotopic (exact) mass is 284 g/mol. The highest BCUT2D eigenvalue weighted by Crippen LogP contribution is 2.33. The number of nitrogens with zero attached hydrogens (tertiary/aromatic N) is 2. The van der Waals surface area contributed by atoms with Gasteiger partial charge in [-0.3, -0.25) is 4.79 Å². The van der Waals surface area contributed by atoms with Crippen molar-refractivity contribution < 1.29 is 4.79 Å². The van der Waals surface area contributed by atoms with E-state index in [0.29, 0.717) is 17.0 Å². The summed E-state index contributed by atoms with van der Waals surface area (Å²) in [5.41, 5.74) is 7.54. The summed E-state index contributed by atoms with van der Waals surface area (Å²) in [4.78, 5) is 22.1. The molecule has 1 atom stereocenters. The van der Waals surface area contributed by atoms with Crippen molar-refractivity contribution in [3.63, 3.8) is 0 Å². The lowest BCUT2D eigenvalue weighted by atomic mass is 10.1. The van der Waals surface area contributed by atoms with Crippen LogP contribution >= 0.6 is 0 Å². The lowest BCUT2D eigenvalue weighted by Crippen LogP contribution is -2.22. The molecule has 1 aliphatic heterocycles. The predicted octanol–water partition coefficient (Wildman–Crippen LogP) is 1.86. The Kier molecular flexibility index (Phi) is 2.96. The highest BCUT2D eigenvalue weighted by Gasteiger charge is 2.31. The predicted molar refractivity (Wildman–Crippen MR) is 81.1 cm³/mol. The second-order valence-electron chi connectivity index (χ2n) is 6.38. The topological polar surface area (TPSA) is 75.0 Å². The minimum atomic E-state index is -0.416. The van der Waals surface area contributed by atoms with Crippen LogP contribution in [0.5, 0.6) is 0 Å². The Morgan fingerprint density at radius 2 is 2.24 bits per heavy atom. The summed E-state index contributed by atoms with van der Waals surface area (Å²) in [5, 5.41) is 0. The molecule has 1 aromatic heterocycles. The average Bonchev–Trinajstić information content (AvgIpc) is 3.00. The summed E-state index contributed by atoms with van der Waals surface area (Å²) >= 11 is 0. The zero-order chi connectivity index (χ0) is 14.4. The number of fused-ring (bicyclic) bond motifs is 1. The van der Waals surface area contributed by atoms with Crippen molar-refractivity contribution >= 4 is 16.9 Å². The van der Waals surface area contributed by atoms with Crippen LogP contribution in [0.3, 0.4) is 0 Å². The molecule has 1 saturated carbocycles. The van der Waals surface area contributed by atoms with Crippen LogP contribution in [0.25, 0.3) is 11.0 Å². The highest BCUT2D eigenvalue weighted by molar-refractivity contribution is 6.04. The van der Waals surface area contributed by atoms with Crippen LogP contribution in [0, 0.1) is 5.92 Å². The van der Waals surface area contributed by atoms with Crippen LogP contribution in [0.4, 0.5) is 0 Å². The standard InChI is InChI=1S/C16H20N4O/c17-15(21)12-2-1-3-13-14(12)19-16(18-13)11-6-7-20(9-11)8-10-4-5-10/h1-3,10-11H,4-9H2,(H2,17,21)(H,18,19). The number of primary amides is 1. The van der Waals surface area contributed by atoms with E-state index in [1.165, 1.54) is 19.4 Å². The molecule has 2 aliphatic rings. The largest absolute Gasteiger partial charge is 0.366 e. The number of carbonyl (C=O) groups is 1. The second-order valence-corrected chi connectivity index (χ2v) is 6.38. The maximum Gasteiger partial charge on any atom is 0.250 e. The van der Waals surface area contributed by atoms with Crippen LogP contribution < -0.4 is 5.73 Å². The molecule has 5 heteroatoms. The van der Waals surface area contributed by atoms with Gasteiger partial charge in [-0.2, -0.15) is 0 Å². The molecule has 2 aromatic rings. The molecule has 2 fully saturated rings. The molecule has 1 aliphatic carbocycles. The summed E-state index contributed by atoms with van der Waals surface area (Å²) in [7, 11) is 0. The molecular weight excluding hydrogens is 264 g/mol. The summed E-state index contributed by atoms with van der Waals surface area (Å²) in [6, 6.07) is 5.54. The highest BCUT2D eigenvalue weighted by atomic mass is 16.1. The lowest BCUT2D eigenvalue weighted by molar-refractivity contribution is 0.100. The second kappa shape index (κ2) is 4.84. The number of likely N-dealkylation sites (tertiary alicyclic amines) is 1. The lowest BCUT2D eigenvalue weighted by Gasteiger charge is -2.14. The SMILES string of the molecule is NC(=O)c1cccc2[nH]c(C3CCN(CC4CC4)C3)nc12. The number of benzene rings is 1. The fraction of sp³-hybridized carbons (Fsp3) is 0.500. The molecule has 0 bridgehead atoms. The maximum absolute atomic E-state index is 11.5. The molecule has 2 heterocycles. The molecule has 5 nitrogen and oxygen atoms in total. The number of H-pyrrole nitrogens is 1. The van der Waals surface area contributed by atoms with Gasteiger partial charge >= 0.3 is 0 Å².